The molecule has 0 heterocycles. The van der Waals surface area contributed by atoms with Crippen LogP contribution >= 0.6 is 7.92 Å². The molecule has 0 fully saturated rings. The Morgan fingerprint density at radius 3 is 1.59 bits per heavy atom. The third kappa shape index (κ3) is 3.78. The summed E-state index contributed by atoms with van der Waals surface area (Å²) in [6, 6.07) is 31.0. The third-order valence-electron chi connectivity index (χ3n) is 3.44. The zero-order chi connectivity index (χ0) is 14.5. The summed E-state index contributed by atoms with van der Waals surface area (Å²) >= 11 is -0.454. The quantitative estimate of drug-likeness (QED) is 0.463. The number of hydrogen-bond acceptors (Lipinski definition) is 0. The van der Waals surface area contributed by atoms with Crippen LogP contribution in [0, 0.1) is 0 Å². The van der Waals surface area contributed by atoms with Gasteiger partial charge in [-0.1, -0.05) is 0 Å². The summed E-state index contributed by atoms with van der Waals surface area (Å²) in [5, 5.41) is 4.44. The van der Waals surface area contributed by atoms with Gasteiger partial charge in [0.25, 0.3) is 0 Å². The van der Waals surface area contributed by atoms with Crippen LogP contribution in [0.3, 0.4) is 0 Å². The van der Waals surface area contributed by atoms with E-state index in [9.17, 15) is 0 Å². The average Bonchev–Trinajstić information content (AvgIpc) is 2.58. The van der Waals surface area contributed by atoms with Crippen LogP contribution in [0.25, 0.3) is 0 Å². The molecule has 3 aromatic carbocycles. The van der Waals surface area contributed by atoms with Gasteiger partial charge in [-0.05, 0) is 0 Å². The van der Waals surface area contributed by atoms with E-state index in [2.05, 4.69) is 89.9 Å². The first-order chi connectivity index (χ1) is 10.4. The Balaban J connectivity index is 0.00000176. The fourth-order valence-corrected chi connectivity index (χ4v) is 8.23. The van der Waals surface area contributed by atoms with Crippen molar-refractivity contribution in [3.05, 3.63) is 84.9 Å². The Kier molecular flexibility index (Phi) is 6.63. The third-order valence-corrected chi connectivity index (χ3v) is 9.33. The molecule has 0 spiro atoms. The van der Waals surface area contributed by atoms with Crippen molar-refractivity contribution in [2.24, 2.45) is 0 Å². The van der Waals surface area contributed by atoms with Gasteiger partial charge in [0.1, 0.15) is 0 Å². The van der Waals surface area contributed by atoms with Crippen molar-refractivity contribution >= 4 is 48.6 Å². The first kappa shape index (κ1) is 17.2. The Hall–Kier alpha value is -1.15. The molecule has 22 heavy (non-hydrogen) atoms. The molecule has 0 amide bonds. The van der Waals surface area contributed by atoms with E-state index in [1.807, 2.05) is 0 Å². The normalized spacial score (nSPS) is 10.3. The van der Waals surface area contributed by atoms with E-state index < -0.39 is 29.1 Å². The SMILES string of the molecule is O.[CH3][Sn][c]1ccccc1P(c1ccccc1)c1ccccc1. The molecular weight excluding hydrogens is 394 g/mol. The number of benzene rings is 3. The van der Waals surface area contributed by atoms with Crippen molar-refractivity contribution < 1.29 is 5.48 Å². The van der Waals surface area contributed by atoms with Crippen LogP contribution in [0.5, 0.6) is 0 Å². The van der Waals surface area contributed by atoms with E-state index in [-0.39, 0.29) is 5.48 Å². The van der Waals surface area contributed by atoms with E-state index in [4.69, 9.17) is 0 Å². The molecule has 2 radical (unpaired) electrons. The second-order valence-electron chi connectivity index (χ2n) is 4.77. The summed E-state index contributed by atoms with van der Waals surface area (Å²) in [7, 11) is -0.430. The van der Waals surface area contributed by atoms with Gasteiger partial charge in [-0.25, -0.2) is 0 Å². The van der Waals surface area contributed by atoms with Gasteiger partial charge >= 0.3 is 138 Å². The molecule has 0 saturated carbocycles. The van der Waals surface area contributed by atoms with E-state index in [0.717, 1.165) is 0 Å². The summed E-state index contributed by atoms with van der Waals surface area (Å²) < 4.78 is 1.62. The second-order valence-corrected chi connectivity index (χ2v) is 9.92. The fraction of sp³-hybridized carbons (Fsp3) is 0.0526. The zero-order valence-corrected chi connectivity index (χ0v) is 16.3. The summed E-state index contributed by atoms with van der Waals surface area (Å²) in [6.07, 6.45) is 0. The average molecular weight is 413 g/mol. The van der Waals surface area contributed by atoms with Crippen molar-refractivity contribution in [2.45, 2.75) is 4.94 Å². The summed E-state index contributed by atoms with van der Waals surface area (Å²) in [5.74, 6) is 0. The maximum atomic E-state index is 2.41. The summed E-state index contributed by atoms with van der Waals surface area (Å²) in [6.45, 7) is 0. The fourth-order valence-electron chi connectivity index (χ4n) is 2.46. The number of rotatable bonds is 4. The molecule has 0 atom stereocenters. The Morgan fingerprint density at radius 1 is 0.636 bits per heavy atom. The molecule has 0 aliphatic carbocycles. The van der Waals surface area contributed by atoms with Crippen molar-refractivity contribution in [3.63, 3.8) is 0 Å². The van der Waals surface area contributed by atoms with E-state index in [1.54, 1.807) is 8.88 Å². The standard InChI is InChI=1S/C18H14P.CH3.H2O.Sn/c1-4-10-16(11-5-1)19(17-12-6-2-7-13-17)18-14-8-3-9-15-18;;;/h1-14H;1H3;1H2;. The molecular formula is C19H19OPSn. The van der Waals surface area contributed by atoms with Crippen LogP contribution in [0.2, 0.25) is 4.94 Å². The molecule has 2 N–H and O–H groups in total. The molecule has 110 valence electrons. The van der Waals surface area contributed by atoms with Crippen LogP contribution in [0.1, 0.15) is 0 Å². The van der Waals surface area contributed by atoms with E-state index >= 15 is 0 Å². The molecule has 1 nitrogen and oxygen atoms in total. The van der Waals surface area contributed by atoms with Gasteiger partial charge in [0.05, 0.1) is 0 Å². The van der Waals surface area contributed by atoms with Gasteiger partial charge in [0, 0.05) is 0 Å². The minimum absolute atomic E-state index is 0. The van der Waals surface area contributed by atoms with Crippen LogP contribution in [-0.4, -0.2) is 26.6 Å². The molecule has 3 aromatic rings. The van der Waals surface area contributed by atoms with Gasteiger partial charge in [0.2, 0.25) is 0 Å². The summed E-state index contributed by atoms with van der Waals surface area (Å²) in [4.78, 5) is 2.41. The monoisotopic (exact) mass is 414 g/mol. The number of hydrogen-bond donors (Lipinski definition) is 0. The van der Waals surface area contributed by atoms with Gasteiger partial charge < -0.3 is 5.48 Å². The first-order valence-electron chi connectivity index (χ1n) is 7.07. The molecule has 0 bridgehead atoms. The predicted octanol–water partition coefficient (Wildman–Crippen LogP) is 2.00. The predicted molar refractivity (Wildman–Crippen MR) is 100 cm³/mol. The van der Waals surface area contributed by atoms with Gasteiger partial charge in [-0.2, -0.15) is 0 Å². The molecule has 0 saturated heterocycles. The maximum absolute atomic E-state index is 2.41. The Labute approximate surface area is 143 Å². The van der Waals surface area contributed by atoms with Crippen molar-refractivity contribution in [3.8, 4) is 0 Å². The van der Waals surface area contributed by atoms with Crippen LogP contribution in [-0.2, 0) is 0 Å². The molecule has 0 aliphatic rings. The van der Waals surface area contributed by atoms with Gasteiger partial charge in [-0.15, -0.1) is 0 Å². The first-order valence-corrected chi connectivity index (χ1v) is 12.7. The van der Waals surface area contributed by atoms with Crippen molar-refractivity contribution in [1.82, 2.24) is 0 Å². The molecule has 0 aliphatic heterocycles. The van der Waals surface area contributed by atoms with Crippen LogP contribution < -0.4 is 19.5 Å². The molecule has 3 rings (SSSR count). The van der Waals surface area contributed by atoms with Gasteiger partial charge in [-0.3, -0.25) is 0 Å². The molecule has 3 heteroatoms. The zero-order valence-electron chi connectivity index (χ0n) is 12.5. The Bertz CT molecular complexity index is 661. The molecule has 0 aromatic heterocycles. The topological polar surface area (TPSA) is 31.5 Å². The molecule has 0 unspecified atom stereocenters. The van der Waals surface area contributed by atoms with Crippen molar-refractivity contribution in [1.29, 1.82) is 0 Å². The summed E-state index contributed by atoms with van der Waals surface area (Å²) in [5.41, 5.74) is 0. The van der Waals surface area contributed by atoms with E-state index in [0.29, 0.717) is 0 Å². The van der Waals surface area contributed by atoms with Gasteiger partial charge in [0.15, 0.2) is 0 Å². The van der Waals surface area contributed by atoms with Crippen LogP contribution in [0.4, 0.5) is 0 Å². The van der Waals surface area contributed by atoms with E-state index in [1.165, 1.54) is 10.6 Å². The minimum atomic E-state index is -0.454. The van der Waals surface area contributed by atoms with Crippen LogP contribution in [0.15, 0.2) is 84.9 Å². The Morgan fingerprint density at radius 2 is 1.09 bits per heavy atom. The second kappa shape index (κ2) is 8.47. The van der Waals surface area contributed by atoms with Crippen molar-refractivity contribution in [2.75, 3.05) is 0 Å².